The molecule has 1 atom stereocenters. The number of methoxy groups -OCH3 is 1. The van der Waals surface area contributed by atoms with Gasteiger partial charge in [-0.15, -0.1) is 0 Å². The van der Waals surface area contributed by atoms with Crippen LogP contribution in [-0.2, 0) is 11.3 Å². The Kier molecular flexibility index (Phi) is 5.62. The fraction of sp³-hybridized carbons (Fsp3) is 0.571. The van der Waals surface area contributed by atoms with Crippen LogP contribution in [0, 0.1) is 0 Å². The van der Waals surface area contributed by atoms with Crippen LogP contribution in [0.4, 0.5) is 0 Å². The van der Waals surface area contributed by atoms with Gasteiger partial charge in [0.25, 0.3) is 0 Å². The molecule has 0 bridgehead atoms. The maximum atomic E-state index is 5.78. The van der Waals surface area contributed by atoms with Gasteiger partial charge in [0, 0.05) is 26.2 Å². The lowest BCUT2D eigenvalue weighted by Crippen LogP contribution is -2.42. The van der Waals surface area contributed by atoms with Crippen molar-refractivity contribution in [2.75, 3.05) is 13.7 Å². The van der Waals surface area contributed by atoms with Gasteiger partial charge in [0.15, 0.2) is 0 Å². The first kappa shape index (κ1) is 14.2. The lowest BCUT2D eigenvalue weighted by molar-refractivity contribution is 0.00764. The first-order valence-corrected chi connectivity index (χ1v) is 6.10. The summed E-state index contributed by atoms with van der Waals surface area (Å²) in [5.74, 6) is 0. The maximum Gasteiger partial charge on any atom is 0.0638 e. The van der Waals surface area contributed by atoms with Crippen molar-refractivity contribution in [2.45, 2.75) is 38.5 Å². The topological polar surface area (TPSA) is 47.3 Å². The first-order chi connectivity index (χ1) is 8.07. The van der Waals surface area contributed by atoms with Crippen molar-refractivity contribution in [3.05, 3.63) is 35.9 Å². The summed E-state index contributed by atoms with van der Waals surface area (Å²) in [7, 11) is 1.74. The van der Waals surface area contributed by atoms with Crippen molar-refractivity contribution in [2.24, 2.45) is 5.73 Å². The molecule has 0 radical (unpaired) electrons. The van der Waals surface area contributed by atoms with E-state index < -0.39 is 0 Å². The fourth-order valence-electron chi connectivity index (χ4n) is 1.77. The minimum absolute atomic E-state index is 0.131. The van der Waals surface area contributed by atoms with Gasteiger partial charge >= 0.3 is 0 Å². The molecule has 1 unspecified atom stereocenters. The number of nitrogens with two attached hydrogens (primary N) is 1. The molecule has 0 aliphatic rings. The second kappa shape index (κ2) is 6.74. The molecule has 1 rings (SSSR count). The molecular formula is C14H24N2O. The average molecular weight is 236 g/mol. The van der Waals surface area contributed by atoms with Crippen molar-refractivity contribution in [3.8, 4) is 0 Å². The van der Waals surface area contributed by atoms with Gasteiger partial charge in [-0.2, -0.15) is 0 Å². The zero-order valence-corrected chi connectivity index (χ0v) is 11.1. The maximum absolute atomic E-state index is 5.78. The molecule has 0 saturated carbocycles. The van der Waals surface area contributed by atoms with E-state index in [1.165, 1.54) is 5.56 Å². The Bertz CT molecular complexity index is 311. The molecule has 3 heteroatoms. The standard InChI is InChI=1S/C14H24N2O/c1-14(2,17-3)9-13(10-15)16-11-12-7-5-4-6-8-12/h4-8,13,16H,9-11,15H2,1-3H3. The smallest absolute Gasteiger partial charge is 0.0638 e. The molecule has 0 saturated heterocycles. The Balaban J connectivity index is 2.43. The molecule has 0 fully saturated rings. The highest BCUT2D eigenvalue weighted by Gasteiger charge is 2.21. The van der Waals surface area contributed by atoms with E-state index >= 15 is 0 Å². The molecule has 0 spiro atoms. The van der Waals surface area contributed by atoms with Crippen LogP contribution < -0.4 is 11.1 Å². The summed E-state index contributed by atoms with van der Waals surface area (Å²) in [4.78, 5) is 0. The van der Waals surface area contributed by atoms with E-state index in [9.17, 15) is 0 Å². The predicted octanol–water partition coefficient (Wildman–Crippen LogP) is 1.92. The van der Waals surface area contributed by atoms with Crippen LogP contribution in [0.5, 0.6) is 0 Å². The van der Waals surface area contributed by atoms with Crippen LogP contribution in [-0.4, -0.2) is 25.3 Å². The monoisotopic (exact) mass is 236 g/mol. The van der Waals surface area contributed by atoms with E-state index in [-0.39, 0.29) is 11.6 Å². The van der Waals surface area contributed by atoms with E-state index in [4.69, 9.17) is 10.5 Å². The third-order valence-electron chi connectivity index (χ3n) is 3.01. The number of benzene rings is 1. The second-order valence-corrected chi connectivity index (χ2v) is 4.97. The van der Waals surface area contributed by atoms with Gasteiger partial charge in [-0.05, 0) is 25.8 Å². The van der Waals surface area contributed by atoms with Crippen molar-refractivity contribution in [3.63, 3.8) is 0 Å². The van der Waals surface area contributed by atoms with Crippen molar-refractivity contribution in [1.29, 1.82) is 0 Å². The van der Waals surface area contributed by atoms with Crippen LogP contribution in [0.15, 0.2) is 30.3 Å². The highest BCUT2D eigenvalue weighted by Crippen LogP contribution is 2.15. The van der Waals surface area contributed by atoms with Crippen LogP contribution in [0.2, 0.25) is 0 Å². The van der Waals surface area contributed by atoms with Crippen LogP contribution in [0.25, 0.3) is 0 Å². The Morgan fingerprint density at radius 1 is 1.29 bits per heavy atom. The SMILES string of the molecule is COC(C)(C)CC(CN)NCc1ccccc1. The quantitative estimate of drug-likeness (QED) is 0.760. The van der Waals surface area contributed by atoms with E-state index in [1.54, 1.807) is 7.11 Å². The number of ether oxygens (including phenoxy) is 1. The second-order valence-electron chi connectivity index (χ2n) is 4.97. The minimum Gasteiger partial charge on any atom is -0.379 e. The first-order valence-electron chi connectivity index (χ1n) is 6.10. The van der Waals surface area contributed by atoms with Crippen LogP contribution in [0.3, 0.4) is 0 Å². The highest BCUT2D eigenvalue weighted by atomic mass is 16.5. The van der Waals surface area contributed by atoms with Crippen molar-refractivity contribution < 1.29 is 4.74 Å². The summed E-state index contributed by atoms with van der Waals surface area (Å²) in [6.45, 7) is 5.64. The summed E-state index contributed by atoms with van der Waals surface area (Å²) in [5.41, 5.74) is 6.93. The van der Waals surface area contributed by atoms with Crippen molar-refractivity contribution in [1.82, 2.24) is 5.32 Å². The van der Waals surface area contributed by atoms with Gasteiger partial charge in [-0.25, -0.2) is 0 Å². The number of hydrogen-bond donors (Lipinski definition) is 2. The van der Waals surface area contributed by atoms with Crippen molar-refractivity contribution >= 4 is 0 Å². The van der Waals surface area contributed by atoms with E-state index in [0.717, 1.165) is 13.0 Å². The Morgan fingerprint density at radius 2 is 1.94 bits per heavy atom. The van der Waals surface area contributed by atoms with E-state index in [0.29, 0.717) is 6.54 Å². The third kappa shape index (κ3) is 5.31. The summed E-state index contributed by atoms with van der Waals surface area (Å²) in [6.07, 6.45) is 0.910. The average Bonchev–Trinajstić information content (AvgIpc) is 2.35. The summed E-state index contributed by atoms with van der Waals surface area (Å²) in [5, 5.41) is 3.47. The molecule has 3 nitrogen and oxygen atoms in total. The molecule has 0 aromatic heterocycles. The van der Waals surface area contributed by atoms with Gasteiger partial charge in [-0.3, -0.25) is 0 Å². The third-order valence-corrected chi connectivity index (χ3v) is 3.01. The van der Waals surface area contributed by atoms with Gasteiger partial charge in [0.2, 0.25) is 0 Å². The van der Waals surface area contributed by atoms with E-state index in [2.05, 4.69) is 31.3 Å². The molecule has 1 aromatic rings. The number of nitrogens with one attached hydrogen (secondary N) is 1. The number of hydrogen-bond acceptors (Lipinski definition) is 3. The van der Waals surface area contributed by atoms with Crippen LogP contribution >= 0.6 is 0 Å². The molecule has 96 valence electrons. The normalized spacial score (nSPS) is 13.6. The molecule has 17 heavy (non-hydrogen) atoms. The van der Waals surface area contributed by atoms with Gasteiger partial charge in [0.1, 0.15) is 0 Å². The largest absolute Gasteiger partial charge is 0.379 e. The predicted molar refractivity (Wildman–Crippen MR) is 71.8 cm³/mol. The molecule has 0 heterocycles. The lowest BCUT2D eigenvalue weighted by atomic mass is 9.98. The fourth-order valence-corrected chi connectivity index (χ4v) is 1.77. The van der Waals surface area contributed by atoms with E-state index in [1.807, 2.05) is 18.2 Å². The minimum atomic E-state index is -0.131. The zero-order chi connectivity index (χ0) is 12.7. The highest BCUT2D eigenvalue weighted by molar-refractivity contribution is 5.14. The number of rotatable bonds is 7. The zero-order valence-electron chi connectivity index (χ0n) is 11.1. The summed E-state index contributed by atoms with van der Waals surface area (Å²) >= 11 is 0. The summed E-state index contributed by atoms with van der Waals surface area (Å²) in [6, 6.07) is 10.6. The lowest BCUT2D eigenvalue weighted by Gasteiger charge is -2.28. The molecule has 0 amide bonds. The Hall–Kier alpha value is -0.900. The van der Waals surface area contributed by atoms with Crippen LogP contribution in [0.1, 0.15) is 25.8 Å². The van der Waals surface area contributed by atoms with Gasteiger partial charge in [0.05, 0.1) is 5.60 Å². The molecule has 3 N–H and O–H groups in total. The van der Waals surface area contributed by atoms with Gasteiger partial charge < -0.3 is 15.8 Å². The van der Waals surface area contributed by atoms with Gasteiger partial charge in [-0.1, -0.05) is 30.3 Å². The molecule has 0 aliphatic heterocycles. The molecule has 0 aliphatic carbocycles. The molecule has 1 aromatic carbocycles. The summed E-state index contributed by atoms with van der Waals surface area (Å²) < 4.78 is 5.43. The Morgan fingerprint density at radius 3 is 2.47 bits per heavy atom. The molecular weight excluding hydrogens is 212 g/mol. The Labute approximate surface area is 104 Å².